The van der Waals surface area contributed by atoms with Gasteiger partial charge in [0.05, 0.1) is 12.2 Å². The van der Waals surface area contributed by atoms with Crippen LogP contribution >= 0.6 is 15.9 Å². The fourth-order valence-electron chi connectivity index (χ4n) is 1.29. The Morgan fingerprint density at radius 2 is 1.90 bits per heavy atom. The van der Waals surface area contributed by atoms with E-state index in [-0.39, 0.29) is 19.0 Å². The number of nitrogens with zero attached hydrogens (tertiary/aromatic N) is 1. The maximum Gasteiger partial charge on any atom is 0.314 e. The third-order valence-corrected chi connectivity index (χ3v) is 3.04. The largest absolute Gasteiger partial charge is 0.351 e. The molecule has 0 bridgehead atoms. The van der Waals surface area contributed by atoms with Gasteiger partial charge in [-0.2, -0.15) is 0 Å². The number of urea groups is 1. The van der Waals surface area contributed by atoms with E-state index in [2.05, 4.69) is 26.6 Å². The summed E-state index contributed by atoms with van der Waals surface area (Å²) in [4.78, 5) is 34.8. The molecule has 1 aromatic rings. The van der Waals surface area contributed by atoms with Crippen LogP contribution in [0.15, 0.2) is 28.7 Å². The van der Waals surface area contributed by atoms with Crippen molar-refractivity contribution in [1.29, 1.82) is 0 Å². The molecule has 0 aliphatic rings. The lowest BCUT2D eigenvalue weighted by Gasteiger charge is -2.13. The number of para-hydroxylation sites is 1. The van der Waals surface area contributed by atoms with Crippen molar-refractivity contribution in [3.8, 4) is 0 Å². The van der Waals surface area contributed by atoms with Gasteiger partial charge in [-0.25, -0.2) is 4.79 Å². The fourth-order valence-corrected chi connectivity index (χ4v) is 1.67. The van der Waals surface area contributed by atoms with Crippen LogP contribution in [0.1, 0.15) is 0 Å². The van der Waals surface area contributed by atoms with E-state index in [9.17, 15) is 14.4 Å². The van der Waals surface area contributed by atoms with E-state index >= 15 is 0 Å². The summed E-state index contributed by atoms with van der Waals surface area (Å²) in [6, 6.07) is 6.40. The zero-order chi connectivity index (χ0) is 15.1. The molecule has 0 saturated carbocycles. The van der Waals surface area contributed by atoms with Gasteiger partial charge in [-0.15, -0.1) is 0 Å². The standard InChI is InChI=1S/C12H15BrN4O3/c1-17(12(14)20)7-11(19)15-6-10(18)16-9-5-3-2-4-8(9)13/h2-5H,6-7H2,1H3,(H2,14,20)(H,15,19)(H,16,18). The molecule has 0 atom stereocenters. The zero-order valence-electron chi connectivity index (χ0n) is 10.9. The van der Waals surface area contributed by atoms with Gasteiger partial charge in [0.2, 0.25) is 11.8 Å². The van der Waals surface area contributed by atoms with E-state index in [0.717, 1.165) is 9.37 Å². The molecular formula is C12H15BrN4O3. The van der Waals surface area contributed by atoms with Crippen LogP contribution in [0.2, 0.25) is 0 Å². The number of anilines is 1. The molecule has 0 aliphatic carbocycles. The number of carbonyl (C=O) groups excluding carboxylic acids is 3. The number of hydrogen-bond acceptors (Lipinski definition) is 3. The first kappa shape index (κ1) is 16.0. The van der Waals surface area contributed by atoms with E-state index < -0.39 is 11.9 Å². The van der Waals surface area contributed by atoms with Crippen LogP contribution in [0, 0.1) is 0 Å². The molecule has 0 heterocycles. The van der Waals surface area contributed by atoms with Crippen molar-refractivity contribution in [3.63, 3.8) is 0 Å². The Morgan fingerprint density at radius 1 is 1.25 bits per heavy atom. The molecular weight excluding hydrogens is 328 g/mol. The molecule has 7 nitrogen and oxygen atoms in total. The summed E-state index contributed by atoms with van der Waals surface area (Å²) in [7, 11) is 1.39. The number of nitrogens with one attached hydrogen (secondary N) is 2. The third-order valence-electron chi connectivity index (χ3n) is 2.35. The van der Waals surface area contributed by atoms with Crippen molar-refractivity contribution in [1.82, 2.24) is 10.2 Å². The van der Waals surface area contributed by atoms with Crippen molar-refractivity contribution >= 4 is 39.5 Å². The molecule has 8 heteroatoms. The number of primary amides is 1. The topological polar surface area (TPSA) is 105 Å². The highest BCUT2D eigenvalue weighted by Gasteiger charge is 2.11. The van der Waals surface area contributed by atoms with E-state index in [1.165, 1.54) is 7.05 Å². The Kier molecular flexibility index (Phi) is 5.98. The number of likely N-dealkylation sites (N-methyl/N-ethyl adjacent to an activating group) is 1. The molecule has 0 aliphatic heterocycles. The highest BCUT2D eigenvalue weighted by molar-refractivity contribution is 9.10. The van der Waals surface area contributed by atoms with E-state index in [1.54, 1.807) is 18.2 Å². The number of benzene rings is 1. The molecule has 0 aromatic heterocycles. The Morgan fingerprint density at radius 3 is 2.50 bits per heavy atom. The average Bonchev–Trinajstić information content (AvgIpc) is 2.39. The van der Waals surface area contributed by atoms with E-state index in [1.807, 2.05) is 6.07 Å². The summed E-state index contributed by atoms with van der Waals surface area (Å²) < 4.78 is 0.744. The molecule has 1 rings (SSSR count). The fraction of sp³-hybridized carbons (Fsp3) is 0.250. The third kappa shape index (κ3) is 5.27. The first-order valence-corrected chi connectivity index (χ1v) is 6.51. The van der Waals surface area contributed by atoms with Gasteiger partial charge in [-0.3, -0.25) is 9.59 Å². The molecule has 20 heavy (non-hydrogen) atoms. The number of halogens is 1. The van der Waals surface area contributed by atoms with Gasteiger partial charge in [0.25, 0.3) is 0 Å². The Balaban J connectivity index is 2.39. The Hall–Kier alpha value is -2.09. The van der Waals surface area contributed by atoms with Gasteiger partial charge < -0.3 is 21.3 Å². The Bertz CT molecular complexity index is 521. The van der Waals surface area contributed by atoms with Crippen LogP contribution in [-0.4, -0.2) is 42.9 Å². The van der Waals surface area contributed by atoms with Gasteiger partial charge in [-0.05, 0) is 28.1 Å². The van der Waals surface area contributed by atoms with Crippen LogP contribution in [-0.2, 0) is 9.59 Å². The second kappa shape index (κ2) is 7.49. The van der Waals surface area contributed by atoms with Crippen molar-refractivity contribution in [2.24, 2.45) is 5.73 Å². The summed E-state index contributed by atoms with van der Waals surface area (Å²) in [5, 5.41) is 5.03. The van der Waals surface area contributed by atoms with E-state index in [0.29, 0.717) is 5.69 Å². The molecule has 0 saturated heterocycles. The average molecular weight is 343 g/mol. The molecule has 108 valence electrons. The smallest absolute Gasteiger partial charge is 0.314 e. The molecule has 4 amide bonds. The first-order chi connectivity index (χ1) is 9.40. The molecule has 0 radical (unpaired) electrons. The number of rotatable bonds is 5. The maximum atomic E-state index is 11.6. The van der Waals surface area contributed by atoms with E-state index in [4.69, 9.17) is 5.73 Å². The molecule has 0 fully saturated rings. The quantitative estimate of drug-likeness (QED) is 0.726. The predicted molar refractivity (Wildman–Crippen MR) is 78.0 cm³/mol. The summed E-state index contributed by atoms with van der Waals surface area (Å²) in [5.41, 5.74) is 5.59. The molecule has 1 aromatic carbocycles. The SMILES string of the molecule is CN(CC(=O)NCC(=O)Nc1ccccc1Br)C(N)=O. The van der Waals surface area contributed by atoms with Crippen molar-refractivity contribution in [3.05, 3.63) is 28.7 Å². The van der Waals surface area contributed by atoms with Crippen LogP contribution in [0.25, 0.3) is 0 Å². The van der Waals surface area contributed by atoms with Gasteiger partial charge in [0.1, 0.15) is 6.54 Å². The lowest BCUT2D eigenvalue weighted by Crippen LogP contribution is -2.42. The van der Waals surface area contributed by atoms with Crippen LogP contribution in [0.5, 0.6) is 0 Å². The second-order valence-electron chi connectivity index (χ2n) is 4.00. The first-order valence-electron chi connectivity index (χ1n) is 5.72. The summed E-state index contributed by atoms with van der Waals surface area (Å²) >= 11 is 3.29. The van der Waals surface area contributed by atoms with Crippen molar-refractivity contribution in [2.75, 3.05) is 25.5 Å². The number of amides is 4. The summed E-state index contributed by atoms with van der Waals surface area (Å²) in [6.07, 6.45) is 0. The van der Waals surface area contributed by atoms with Gasteiger partial charge in [0.15, 0.2) is 0 Å². The monoisotopic (exact) mass is 342 g/mol. The van der Waals surface area contributed by atoms with Crippen molar-refractivity contribution in [2.45, 2.75) is 0 Å². The normalized spacial score (nSPS) is 9.70. The minimum Gasteiger partial charge on any atom is -0.351 e. The van der Waals surface area contributed by atoms with Crippen LogP contribution in [0.3, 0.4) is 0 Å². The van der Waals surface area contributed by atoms with Crippen LogP contribution < -0.4 is 16.4 Å². The van der Waals surface area contributed by atoms with Crippen molar-refractivity contribution < 1.29 is 14.4 Å². The minimum atomic E-state index is -0.710. The molecule has 4 N–H and O–H groups in total. The van der Waals surface area contributed by atoms with Gasteiger partial charge >= 0.3 is 6.03 Å². The van der Waals surface area contributed by atoms with Gasteiger partial charge in [0, 0.05) is 11.5 Å². The highest BCUT2D eigenvalue weighted by Crippen LogP contribution is 2.20. The maximum absolute atomic E-state index is 11.6. The highest BCUT2D eigenvalue weighted by atomic mass is 79.9. The summed E-state index contributed by atoms with van der Waals surface area (Å²) in [5.74, 6) is -0.833. The minimum absolute atomic E-state index is 0.188. The molecule has 0 unspecified atom stereocenters. The number of carbonyl (C=O) groups is 3. The van der Waals surface area contributed by atoms with Crippen LogP contribution in [0.4, 0.5) is 10.5 Å². The molecule has 0 spiro atoms. The zero-order valence-corrected chi connectivity index (χ0v) is 12.4. The second-order valence-corrected chi connectivity index (χ2v) is 4.85. The summed E-state index contributed by atoms with van der Waals surface area (Å²) in [6.45, 7) is -0.385. The number of hydrogen-bond donors (Lipinski definition) is 3. The lowest BCUT2D eigenvalue weighted by molar-refractivity contribution is -0.124. The lowest BCUT2D eigenvalue weighted by atomic mass is 10.3. The Labute approximate surface area is 124 Å². The van der Waals surface area contributed by atoms with Gasteiger partial charge in [-0.1, -0.05) is 12.1 Å². The number of nitrogens with two attached hydrogens (primary N) is 1. The predicted octanol–water partition coefficient (Wildman–Crippen LogP) is 0.514.